The summed E-state index contributed by atoms with van der Waals surface area (Å²) in [6, 6.07) is 0.933. The fourth-order valence-corrected chi connectivity index (χ4v) is 3.60. The summed E-state index contributed by atoms with van der Waals surface area (Å²) in [6.45, 7) is 7.62. The number of likely N-dealkylation sites (tertiary alicyclic amines) is 1. The molecule has 1 saturated heterocycles. The molecule has 0 amide bonds. The first-order valence-corrected chi connectivity index (χ1v) is 8.60. The van der Waals surface area contributed by atoms with Crippen molar-refractivity contribution in [2.24, 2.45) is 0 Å². The maximum Gasteiger partial charge on any atom is 0.328 e. The lowest BCUT2D eigenvalue weighted by atomic mass is 9.88. The zero-order valence-corrected chi connectivity index (χ0v) is 14.9. The van der Waals surface area contributed by atoms with Gasteiger partial charge < -0.3 is 10.1 Å². The highest BCUT2D eigenvalue weighted by molar-refractivity contribution is 5.13. The van der Waals surface area contributed by atoms with Crippen molar-refractivity contribution < 1.29 is 5.11 Å². The number of rotatable bonds is 4. The van der Waals surface area contributed by atoms with E-state index < -0.39 is 16.9 Å². The quantitative estimate of drug-likeness (QED) is 0.739. The van der Waals surface area contributed by atoms with E-state index in [9.17, 15) is 14.7 Å². The van der Waals surface area contributed by atoms with Gasteiger partial charge in [-0.3, -0.25) is 19.2 Å². The van der Waals surface area contributed by atoms with Crippen LogP contribution in [-0.4, -0.2) is 48.2 Å². The monoisotopic (exact) mass is 347 g/mol. The van der Waals surface area contributed by atoms with Gasteiger partial charge in [-0.05, 0) is 20.3 Å². The minimum absolute atomic E-state index is 0.375. The molecule has 0 saturated carbocycles. The Labute approximate surface area is 145 Å². The molecule has 3 N–H and O–H groups in total. The molecule has 0 radical (unpaired) electrons. The van der Waals surface area contributed by atoms with Gasteiger partial charge in [-0.15, -0.1) is 0 Å². The van der Waals surface area contributed by atoms with Crippen molar-refractivity contribution in [3.8, 4) is 0 Å². The molecule has 8 nitrogen and oxygen atoms in total. The van der Waals surface area contributed by atoms with Gasteiger partial charge in [0.1, 0.15) is 5.82 Å². The second-order valence-corrected chi connectivity index (χ2v) is 7.00. The summed E-state index contributed by atoms with van der Waals surface area (Å²) in [6.07, 6.45) is 2.93. The summed E-state index contributed by atoms with van der Waals surface area (Å²) in [5.41, 5.74) is 0.0433. The number of aromatic amines is 2. The summed E-state index contributed by atoms with van der Waals surface area (Å²) in [5.74, 6) is 0.967. The van der Waals surface area contributed by atoms with Gasteiger partial charge in [-0.25, -0.2) is 9.78 Å². The lowest BCUT2D eigenvalue weighted by molar-refractivity contribution is -0.0606. The predicted molar refractivity (Wildman–Crippen MR) is 93.6 cm³/mol. The lowest BCUT2D eigenvalue weighted by Crippen LogP contribution is -2.54. The van der Waals surface area contributed by atoms with E-state index in [1.807, 2.05) is 6.92 Å². The first-order chi connectivity index (χ1) is 11.8. The molecule has 0 unspecified atom stereocenters. The van der Waals surface area contributed by atoms with Gasteiger partial charge in [-0.1, -0.05) is 6.92 Å². The largest absolute Gasteiger partial charge is 0.387 e. The van der Waals surface area contributed by atoms with E-state index >= 15 is 0 Å². The molecule has 1 aliphatic heterocycles. The zero-order valence-electron chi connectivity index (χ0n) is 14.9. The van der Waals surface area contributed by atoms with E-state index in [0.29, 0.717) is 19.5 Å². The molecule has 1 aliphatic rings. The molecule has 0 aromatic carbocycles. The summed E-state index contributed by atoms with van der Waals surface area (Å²) in [5, 5.41) is 10.9. The minimum atomic E-state index is -1.09. The second kappa shape index (κ2) is 6.61. The van der Waals surface area contributed by atoms with Crippen LogP contribution in [0, 0.1) is 6.92 Å². The molecule has 1 fully saturated rings. The lowest BCUT2D eigenvalue weighted by Gasteiger charge is -2.43. The van der Waals surface area contributed by atoms with Crippen LogP contribution in [0.15, 0.2) is 21.9 Å². The van der Waals surface area contributed by atoms with Crippen molar-refractivity contribution in [1.29, 1.82) is 0 Å². The average Bonchev–Trinajstić information content (AvgIpc) is 2.88. The van der Waals surface area contributed by atoms with Crippen molar-refractivity contribution in [1.82, 2.24) is 24.4 Å². The molecule has 0 aliphatic carbocycles. The van der Waals surface area contributed by atoms with E-state index in [-0.39, 0.29) is 6.04 Å². The second-order valence-electron chi connectivity index (χ2n) is 7.00. The number of piperidine rings is 1. The zero-order chi connectivity index (χ0) is 18.2. The highest BCUT2D eigenvalue weighted by Crippen LogP contribution is 2.31. The van der Waals surface area contributed by atoms with Crippen LogP contribution in [0.1, 0.15) is 43.5 Å². The fourth-order valence-electron chi connectivity index (χ4n) is 3.60. The Morgan fingerprint density at radius 1 is 1.40 bits per heavy atom. The third kappa shape index (κ3) is 3.59. The standard InChI is InChI=1S/C17H25N5O3/c1-4-14-18-11(2)12(19-14)9-21-7-5-13(17(3,25)10-21)22-8-6-15(23)20-16(22)24/h6,8,13,25H,4-5,7,9-10H2,1-3H3,(H,18,19)(H,20,23,24)/t13-,17-/m1/s1. The van der Waals surface area contributed by atoms with E-state index in [0.717, 1.165) is 30.2 Å². The average molecular weight is 347 g/mol. The molecule has 25 heavy (non-hydrogen) atoms. The fraction of sp³-hybridized carbons (Fsp3) is 0.588. The molecular weight excluding hydrogens is 322 g/mol. The number of nitrogens with one attached hydrogen (secondary N) is 2. The van der Waals surface area contributed by atoms with Crippen LogP contribution >= 0.6 is 0 Å². The molecule has 136 valence electrons. The van der Waals surface area contributed by atoms with Gasteiger partial charge in [0.25, 0.3) is 5.56 Å². The van der Waals surface area contributed by atoms with Gasteiger partial charge in [0, 0.05) is 44.0 Å². The number of aromatic nitrogens is 4. The topological polar surface area (TPSA) is 107 Å². The van der Waals surface area contributed by atoms with E-state index in [1.165, 1.54) is 16.8 Å². The Bertz CT molecular complexity index is 864. The van der Waals surface area contributed by atoms with E-state index in [1.54, 1.807) is 6.92 Å². The van der Waals surface area contributed by atoms with Crippen LogP contribution in [0.5, 0.6) is 0 Å². The van der Waals surface area contributed by atoms with Crippen LogP contribution in [0.2, 0.25) is 0 Å². The Kier molecular flexibility index (Phi) is 4.66. The summed E-state index contributed by atoms with van der Waals surface area (Å²) < 4.78 is 1.42. The molecular formula is C17H25N5O3. The molecule has 2 aromatic rings. The SMILES string of the molecule is CCc1nc(CN2CC[C@@H](n3ccc(=O)[nH]c3=O)[C@](C)(O)C2)c(C)[nH]1. The smallest absolute Gasteiger partial charge is 0.328 e. The number of hydrogen-bond acceptors (Lipinski definition) is 5. The Hall–Kier alpha value is -2.19. The number of aliphatic hydroxyl groups is 1. The maximum absolute atomic E-state index is 12.0. The van der Waals surface area contributed by atoms with E-state index in [2.05, 4.69) is 26.8 Å². The highest BCUT2D eigenvalue weighted by atomic mass is 16.3. The predicted octanol–water partition coefficient (Wildman–Crippen LogP) is 0.329. The van der Waals surface area contributed by atoms with Crippen molar-refractivity contribution in [2.45, 2.75) is 51.8 Å². The molecule has 2 aromatic heterocycles. The van der Waals surface area contributed by atoms with Crippen LogP contribution in [0.3, 0.4) is 0 Å². The number of aryl methyl sites for hydroxylation is 2. The molecule has 2 atom stereocenters. The first-order valence-electron chi connectivity index (χ1n) is 8.60. The summed E-state index contributed by atoms with van der Waals surface area (Å²) in [7, 11) is 0. The molecule has 0 spiro atoms. The van der Waals surface area contributed by atoms with Crippen LogP contribution in [-0.2, 0) is 13.0 Å². The van der Waals surface area contributed by atoms with Crippen LogP contribution in [0.4, 0.5) is 0 Å². The van der Waals surface area contributed by atoms with Crippen molar-refractivity contribution in [3.05, 3.63) is 50.3 Å². The Morgan fingerprint density at radius 3 is 2.76 bits per heavy atom. The number of hydrogen-bond donors (Lipinski definition) is 3. The number of imidazole rings is 1. The summed E-state index contributed by atoms with van der Waals surface area (Å²) >= 11 is 0. The third-order valence-electron chi connectivity index (χ3n) is 4.91. The highest BCUT2D eigenvalue weighted by Gasteiger charge is 2.39. The molecule has 0 bridgehead atoms. The molecule has 8 heteroatoms. The van der Waals surface area contributed by atoms with Gasteiger partial charge in [0.05, 0.1) is 17.3 Å². The van der Waals surface area contributed by atoms with Crippen LogP contribution in [0.25, 0.3) is 0 Å². The minimum Gasteiger partial charge on any atom is -0.387 e. The van der Waals surface area contributed by atoms with E-state index in [4.69, 9.17) is 0 Å². The Balaban J connectivity index is 1.77. The van der Waals surface area contributed by atoms with Crippen LogP contribution < -0.4 is 11.2 Å². The van der Waals surface area contributed by atoms with Gasteiger partial charge in [0.2, 0.25) is 0 Å². The number of H-pyrrole nitrogens is 2. The maximum atomic E-state index is 12.0. The third-order valence-corrected chi connectivity index (χ3v) is 4.91. The van der Waals surface area contributed by atoms with Crippen molar-refractivity contribution in [3.63, 3.8) is 0 Å². The number of β-amino-alcohol motifs (C(OH)–C–C–N with tert-alkyl or cyclic N) is 1. The first kappa shape index (κ1) is 17.6. The molecule has 3 heterocycles. The molecule has 3 rings (SSSR count). The Morgan fingerprint density at radius 2 is 2.16 bits per heavy atom. The van der Waals surface area contributed by atoms with Gasteiger partial charge in [-0.2, -0.15) is 0 Å². The normalized spacial score (nSPS) is 24.6. The van der Waals surface area contributed by atoms with Crippen molar-refractivity contribution >= 4 is 0 Å². The van der Waals surface area contributed by atoms with Gasteiger partial charge in [0.15, 0.2) is 0 Å². The summed E-state index contributed by atoms with van der Waals surface area (Å²) in [4.78, 5) is 35.6. The van der Waals surface area contributed by atoms with Crippen molar-refractivity contribution in [2.75, 3.05) is 13.1 Å². The number of nitrogens with zero attached hydrogens (tertiary/aromatic N) is 3. The van der Waals surface area contributed by atoms with Gasteiger partial charge >= 0.3 is 5.69 Å².